The topological polar surface area (TPSA) is 88.9 Å². The molecule has 31 heavy (non-hydrogen) atoms. The number of pyridine rings is 1. The summed E-state index contributed by atoms with van der Waals surface area (Å²) in [6.45, 7) is 4.34. The van der Waals surface area contributed by atoms with E-state index in [1.807, 2.05) is 55.6 Å². The van der Waals surface area contributed by atoms with Crippen molar-refractivity contribution in [3.05, 3.63) is 75.7 Å². The number of anilines is 1. The van der Waals surface area contributed by atoms with E-state index in [-0.39, 0.29) is 18.4 Å². The second kappa shape index (κ2) is 9.09. The van der Waals surface area contributed by atoms with Gasteiger partial charge in [0, 0.05) is 16.3 Å². The van der Waals surface area contributed by atoms with Crippen molar-refractivity contribution in [2.45, 2.75) is 26.8 Å². The SMILES string of the molecule is CCc1ccccc1NC(=O)CNC(=O)c1cc(C)nc2c1cnn2Cc1cccs1. The first-order valence-corrected chi connectivity index (χ1v) is 10.9. The minimum atomic E-state index is -0.329. The summed E-state index contributed by atoms with van der Waals surface area (Å²) in [7, 11) is 0. The number of nitrogens with one attached hydrogen (secondary N) is 2. The molecular weight excluding hydrogens is 410 g/mol. The molecule has 2 amide bonds. The van der Waals surface area contributed by atoms with Crippen LogP contribution in [0.2, 0.25) is 0 Å². The number of carbonyl (C=O) groups is 2. The van der Waals surface area contributed by atoms with E-state index in [2.05, 4.69) is 20.7 Å². The van der Waals surface area contributed by atoms with Crippen molar-refractivity contribution in [1.82, 2.24) is 20.1 Å². The lowest BCUT2D eigenvalue weighted by Crippen LogP contribution is -2.33. The van der Waals surface area contributed by atoms with Crippen LogP contribution >= 0.6 is 11.3 Å². The van der Waals surface area contributed by atoms with Crippen LogP contribution in [0.15, 0.2) is 54.0 Å². The molecule has 0 aliphatic carbocycles. The second-order valence-corrected chi connectivity index (χ2v) is 8.20. The Morgan fingerprint density at radius 3 is 2.77 bits per heavy atom. The summed E-state index contributed by atoms with van der Waals surface area (Å²) in [5.41, 5.74) is 3.64. The Labute approximate surface area is 184 Å². The van der Waals surface area contributed by atoms with E-state index in [1.54, 1.807) is 28.3 Å². The number of fused-ring (bicyclic) bond motifs is 1. The molecule has 0 spiro atoms. The van der Waals surface area contributed by atoms with Crippen molar-refractivity contribution in [2.24, 2.45) is 0 Å². The quantitative estimate of drug-likeness (QED) is 0.464. The van der Waals surface area contributed by atoms with Crippen LogP contribution in [0.3, 0.4) is 0 Å². The third-order valence-electron chi connectivity index (χ3n) is 4.95. The summed E-state index contributed by atoms with van der Waals surface area (Å²) in [5.74, 6) is -0.602. The number of thiophene rings is 1. The molecule has 0 aliphatic heterocycles. The molecule has 0 aliphatic rings. The largest absolute Gasteiger partial charge is 0.343 e. The Balaban J connectivity index is 1.48. The number of aromatic nitrogens is 3. The van der Waals surface area contributed by atoms with Crippen LogP contribution in [0.25, 0.3) is 11.0 Å². The molecule has 0 fully saturated rings. The van der Waals surface area contributed by atoms with Crippen LogP contribution in [0.5, 0.6) is 0 Å². The predicted molar refractivity (Wildman–Crippen MR) is 122 cm³/mol. The molecule has 0 saturated heterocycles. The maximum atomic E-state index is 12.9. The standard InChI is InChI=1S/C23H23N5O2S/c1-3-16-7-4-5-9-20(16)27-21(29)13-24-23(30)18-11-15(2)26-22-19(18)12-25-28(22)14-17-8-6-10-31-17/h4-12H,3,13-14H2,1-2H3,(H,24,30)(H,27,29). The van der Waals surface area contributed by atoms with Gasteiger partial charge >= 0.3 is 0 Å². The van der Waals surface area contributed by atoms with Crippen molar-refractivity contribution >= 4 is 39.9 Å². The maximum absolute atomic E-state index is 12.9. The van der Waals surface area contributed by atoms with Gasteiger partial charge in [-0.3, -0.25) is 9.59 Å². The van der Waals surface area contributed by atoms with Crippen LogP contribution in [-0.2, 0) is 17.8 Å². The van der Waals surface area contributed by atoms with Crippen LogP contribution in [-0.4, -0.2) is 33.1 Å². The lowest BCUT2D eigenvalue weighted by atomic mass is 10.1. The average Bonchev–Trinajstić information content (AvgIpc) is 3.42. The Morgan fingerprint density at radius 2 is 2.00 bits per heavy atom. The van der Waals surface area contributed by atoms with Gasteiger partial charge in [0.1, 0.15) is 0 Å². The Hall–Kier alpha value is -3.52. The molecule has 158 valence electrons. The van der Waals surface area contributed by atoms with Crippen molar-refractivity contribution < 1.29 is 9.59 Å². The fraction of sp³-hybridized carbons (Fsp3) is 0.217. The van der Waals surface area contributed by atoms with Crippen LogP contribution in [0, 0.1) is 6.92 Å². The molecule has 0 atom stereocenters. The first-order chi connectivity index (χ1) is 15.0. The first-order valence-electron chi connectivity index (χ1n) is 10.1. The number of amides is 2. The molecule has 2 N–H and O–H groups in total. The summed E-state index contributed by atoms with van der Waals surface area (Å²) in [5, 5.41) is 12.7. The summed E-state index contributed by atoms with van der Waals surface area (Å²) in [4.78, 5) is 31.0. The molecular formula is C23H23N5O2S. The van der Waals surface area contributed by atoms with Gasteiger partial charge < -0.3 is 10.6 Å². The molecule has 0 unspecified atom stereocenters. The smallest absolute Gasteiger partial charge is 0.252 e. The minimum absolute atomic E-state index is 0.122. The fourth-order valence-corrected chi connectivity index (χ4v) is 4.11. The van der Waals surface area contributed by atoms with Gasteiger partial charge in [0.15, 0.2) is 5.65 Å². The van der Waals surface area contributed by atoms with Gasteiger partial charge in [-0.2, -0.15) is 5.10 Å². The third-order valence-corrected chi connectivity index (χ3v) is 5.81. The van der Waals surface area contributed by atoms with Gasteiger partial charge in [-0.1, -0.05) is 31.2 Å². The lowest BCUT2D eigenvalue weighted by molar-refractivity contribution is -0.115. The Bertz CT molecular complexity index is 1230. The van der Waals surface area contributed by atoms with Crippen LogP contribution in [0.4, 0.5) is 5.69 Å². The van der Waals surface area contributed by atoms with E-state index in [0.29, 0.717) is 28.8 Å². The number of para-hydroxylation sites is 1. The molecule has 0 bridgehead atoms. The molecule has 1 aromatic carbocycles. The summed E-state index contributed by atoms with van der Waals surface area (Å²) in [6, 6.07) is 13.4. The highest BCUT2D eigenvalue weighted by molar-refractivity contribution is 7.09. The Kier molecular flexibility index (Phi) is 6.08. The Morgan fingerprint density at radius 1 is 1.16 bits per heavy atom. The van der Waals surface area contributed by atoms with Gasteiger partial charge in [-0.25, -0.2) is 9.67 Å². The average molecular weight is 434 g/mol. The maximum Gasteiger partial charge on any atom is 0.252 e. The highest BCUT2D eigenvalue weighted by atomic mass is 32.1. The van der Waals surface area contributed by atoms with Gasteiger partial charge in [0.25, 0.3) is 5.91 Å². The van der Waals surface area contributed by atoms with Gasteiger partial charge in [0.2, 0.25) is 5.91 Å². The van der Waals surface area contributed by atoms with Crippen molar-refractivity contribution in [3.8, 4) is 0 Å². The zero-order valence-electron chi connectivity index (χ0n) is 17.4. The molecule has 4 aromatic rings. The van der Waals surface area contributed by atoms with E-state index < -0.39 is 0 Å². The van der Waals surface area contributed by atoms with Gasteiger partial charge in [0.05, 0.1) is 30.2 Å². The van der Waals surface area contributed by atoms with E-state index >= 15 is 0 Å². The number of hydrogen-bond donors (Lipinski definition) is 2. The summed E-state index contributed by atoms with van der Waals surface area (Å²) in [6.07, 6.45) is 2.47. The normalized spacial score (nSPS) is 10.9. The summed E-state index contributed by atoms with van der Waals surface area (Å²) < 4.78 is 1.79. The molecule has 3 heterocycles. The number of benzene rings is 1. The van der Waals surface area contributed by atoms with Gasteiger partial charge in [-0.05, 0) is 42.5 Å². The molecule has 7 nitrogen and oxygen atoms in total. The van der Waals surface area contributed by atoms with E-state index in [1.165, 1.54) is 0 Å². The highest BCUT2D eigenvalue weighted by Crippen LogP contribution is 2.20. The van der Waals surface area contributed by atoms with E-state index in [0.717, 1.165) is 22.5 Å². The van der Waals surface area contributed by atoms with Crippen molar-refractivity contribution in [1.29, 1.82) is 0 Å². The minimum Gasteiger partial charge on any atom is -0.343 e. The second-order valence-electron chi connectivity index (χ2n) is 7.17. The highest BCUT2D eigenvalue weighted by Gasteiger charge is 2.17. The monoisotopic (exact) mass is 433 g/mol. The molecule has 3 aromatic heterocycles. The number of aryl methyl sites for hydroxylation is 2. The van der Waals surface area contributed by atoms with Crippen LogP contribution < -0.4 is 10.6 Å². The van der Waals surface area contributed by atoms with Gasteiger partial charge in [-0.15, -0.1) is 11.3 Å². The summed E-state index contributed by atoms with van der Waals surface area (Å²) >= 11 is 1.65. The van der Waals surface area contributed by atoms with E-state index in [9.17, 15) is 9.59 Å². The number of hydrogen-bond acceptors (Lipinski definition) is 5. The van der Waals surface area contributed by atoms with E-state index in [4.69, 9.17) is 0 Å². The number of carbonyl (C=O) groups excluding carboxylic acids is 2. The number of rotatable bonds is 7. The predicted octanol–water partition coefficient (Wildman–Crippen LogP) is 3.78. The van der Waals surface area contributed by atoms with Crippen molar-refractivity contribution in [2.75, 3.05) is 11.9 Å². The molecule has 0 saturated carbocycles. The lowest BCUT2D eigenvalue weighted by Gasteiger charge is -2.11. The van der Waals surface area contributed by atoms with Crippen LogP contribution in [0.1, 0.15) is 33.4 Å². The molecule has 8 heteroatoms. The zero-order valence-corrected chi connectivity index (χ0v) is 18.2. The van der Waals surface area contributed by atoms with Crippen molar-refractivity contribution in [3.63, 3.8) is 0 Å². The number of nitrogens with zero attached hydrogens (tertiary/aromatic N) is 3. The molecule has 0 radical (unpaired) electrons. The fourth-order valence-electron chi connectivity index (χ4n) is 3.43. The zero-order chi connectivity index (χ0) is 21.8. The first kappa shape index (κ1) is 20.7. The molecule has 4 rings (SSSR count). The third kappa shape index (κ3) is 4.64.